The van der Waals surface area contributed by atoms with Crippen LogP contribution in [0.5, 0.6) is 5.75 Å². The molecule has 1 aromatic carbocycles. The molecule has 0 aliphatic carbocycles. The quantitative estimate of drug-likeness (QED) is 0.892. The van der Waals surface area contributed by atoms with Crippen molar-refractivity contribution in [2.45, 2.75) is 26.4 Å². The van der Waals surface area contributed by atoms with E-state index in [1.807, 2.05) is 12.1 Å². The van der Waals surface area contributed by atoms with Crippen LogP contribution in [0.3, 0.4) is 0 Å². The maximum atomic E-state index is 10.8. The molecule has 0 atom stereocenters. The average Bonchev–Trinajstić information content (AvgIpc) is 2.86. The van der Waals surface area contributed by atoms with Crippen LogP contribution in [0.4, 0.5) is 0 Å². The molecule has 0 aliphatic heterocycles. The fourth-order valence-electron chi connectivity index (χ4n) is 1.67. The van der Waals surface area contributed by atoms with Crippen LogP contribution in [0.2, 0.25) is 0 Å². The Bertz CT molecular complexity index is 555. The molecule has 0 bridgehead atoms. The number of hydrogen-bond acceptors (Lipinski definition) is 3. The summed E-state index contributed by atoms with van der Waals surface area (Å²) in [6, 6.07) is 11.4. The van der Waals surface area contributed by atoms with Crippen LogP contribution in [0.1, 0.15) is 39.9 Å². The topological polar surface area (TPSA) is 46.5 Å². The Morgan fingerprint density at radius 2 is 1.89 bits per heavy atom. The van der Waals surface area contributed by atoms with Crippen molar-refractivity contribution < 1.29 is 14.6 Å². The molecule has 0 radical (unpaired) electrons. The fraction of sp³-hybridized carbons (Fsp3) is 0.267. The minimum absolute atomic E-state index is 0.341. The Morgan fingerprint density at radius 1 is 1.21 bits per heavy atom. The van der Waals surface area contributed by atoms with Gasteiger partial charge in [0.25, 0.3) is 0 Å². The highest BCUT2D eigenvalue weighted by Crippen LogP contribution is 2.21. The number of carboxylic acids is 1. The first-order valence-electron chi connectivity index (χ1n) is 6.11. The predicted molar refractivity (Wildman–Crippen MR) is 76.1 cm³/mol. The van der Waals surface area contributed by atoms with Gasteiger partial charge in [-0.05, 0) is 35.7 Å². The predicted octanol–water partition coefficient (Wildman–Crippen LogP) is 4.15. The second-order valence-electron chi connectivity index (χ2n) is 4.58. The molecule has 1 aromatic heterocycles. The summed E-state index contributed by atoms with van der Waals surface area (Å²) in [5, 5.41) is 8.84. The molecule has 19 heavy (non-hydrogen) atoms. The van der Waals surface area contributed by atoms with Gasteiger partial charge in [-0.2, -0.15) is 0 Å². The Kier molecular flexibility index (Phi) is 4.22. The zero-order valence-corrected chi connectivity index (χ0v) is 11.7. The monoisotopic (exact) mass is 276 g/mol. The number of hydrogen-bond donors (Lipinski definition) is 1. The molecule has 0 saturated heterocycles. The fourth-order valence-corrected chi connectivity index (χ4v) is 2.43. The van der Waals surface area contributed by atoms with Crippen molar-refractivity contribution in [2.24, 2.45) is 0 Å². The van der Waals surface area contributed by atoms with Gasteiger partial charge in [0.1, 0.15) is 17.2 Å². The van der Waals surface area contributed by atoms with Crippen molar-refractivity contribution >= 4 is 17.3 Å². The standard InChI is InChI=1S/C15H16O3S/c1-10(2)11-3-5-12(6-4-11)18-9-13-7-8-14(19-13)15(16)17/h3-8,10H,9H2,1-2H3,(H,16,17). The highest BCUT2D eigenvalue weighted by molar-refractivity contribution is 7.13. The van der Waals surface area contributed by atoms with Crippen LogP contribution in [0.15, 0.2) is 36.4 Å². The van der Waals surface area contributed by atoms with E-state index < -0.39 is 5.97 Å². The van der Waals surface area contributed by atoms with Gasteiger partial charge in [0.2, 0.25) is 0 Å². The molecule has 3 nitrogen and oxygen atoms in total. The second kappa shape index (κ2) is 5.89. The number of thiophene rings is 1. The molecule has 0 saturated carbocycles. The summed E-state index contributed by atoms with van der Waals surface area (Å²) in [6.07, 6.45) is 0. The minimum atomic E-state index is -0.891. The SMILES string of the molecule is CC(C)c1ccc(OCc2ccc(C(=O)O)s2)cc1. The van der Waals surface area contributed by atoms with E-state index in [1.54, 1.807) is 12.1 Å². The van der Waals surface area contributed by atoms with Crippen LogP contribution in [-0.4, -0.2) is 11.1 Å². The molecule has 100 valence electrons. The van der Waals surface area contributed by atoms with E-state index in [0.717, 1.165) is 10.6 Å². The summed E-state index contributed by atoms with van der Waals surface area (Å²) in [6.45, 7) is 4.70. The minimum Gasteiger partial charge on any atom is -0.488 e. The van der Waals surface area contributed by atoms with E-state index in [2.05, 4.69) is 26.0 Å². The third-order valence-electron chi connectivity index (χ3n) is 2.80. The molecule has 0 unspecified atom stereocenters. The Morgan fingerprint density at radius 3 is 2.42 bits per heavy atom. The largest absolute Gasteiger partial charge is 0.488 e. The number of carbonyl (C=O) groups is 1. The molecular weight excluding hydrogens is 260 g/mol. The lowest BCUT2D eigenvalue weighted by molar-refractivity contribution is 0.0702. The molecule has 0 fully saturated rings. The van der Waals surface area contributed by atoms with E-state index >= 15 is 0 Å². The van der Waals surface area contributed by atoms with Gasteiger partial charge in [-0.25, -0.2) is 4.79 Å². The van der Waals surface area contributed by atoms with Crippen molar-refractivity contribution in [3.05, 3.63) is 51.7 Å². The van der Waals surface area contributed by atoms with E-state index in [1.165, 1.54) is 16.9 Å². The van der Waals surface area contributed by atoms with Crippen LogP contribution >= 0.6 is 11.3 Å². The van der Waals surface area contributed by atoms with Gasteiger partial charge in [0.05, 0.1) is 0 Å². The summed E-state index contributed by atoms with van der Waals surface area (Å²) in [7, 11) is 0. The molecule has 2 aromatic rings. The molecule has 4 heteroatoms. The summed E-state index contributed by atoms with van der Waals surface area (Å²) in [5.41, 5.74) is 1.27. The Balaban J connectivity index is 1.96. The number of benzene rings is 1. The maximum Gasteiger partial charge on any atom is 0.345 e. The number of rotatable bonds is 5. The maximum absolute atomic E-state index is 10.8. The summed E-state index contributed by atoms with van der Waals surface area (Å²) in [4.78, 5) is 12.0. The highest BCUT2D eigenvalue weighted by atomic mass is 32.1. The summed E-state index contributed by atoms with van der Waals surface area (Å²) in [5.74, 6) is 0.414. The Labute approximate surface area is 116 Å². The lowest BCUT2D eigenvalue weighted by Gasteiger charge is -2.08. The van der Waals surface area contributed by atoms with Gasteiger partial charge in [-0.15, -0.1) is 11.3 Å². The normalized spacial score (nSPS) is 10.7. The van der Waals surface area contributed by atoms with Crippen LogP contribution in [0.25, 0.3) is 0 Å². The molecule has 0 spiro atoms. The lowest BCUT2D eigenvalue weighted by Crippen LogP contribution is -1.94. The first kappa shape index (κ1) is 13.6. The van der Waals surface area contributed by atoms with Gasteiger partial charge in [-0.3, -0.25) is 0 Å². The van der Waals surface area contributed by atoms with Gasteiger partial charge >= 0.3 is 5.97 Å². The third-order valence-corrected chi connectivity index (χ3v) is 3.85. The van der Waals surface area contributed by atoms with Crippen molar-refractivity contribution in [1.82, 2.24) is 0 Å². The summed E-state index contributed by atoms with van der Waals surface area (Å²) < 4.78 is 5.64. The molecule has 1 heterocycles. The van der Waals surface area contributed by atoms with Crippen molar-refractivity contribution in [2.75, 3.05) is 0 Å². The van der Waals surface area contributed by atoms with Crippen LogP contribution in [-0.2, 0) is 6.61 Å². The number of ether oxygens (including phenoxy) is 1. The molecule has 0 amide bonds. The van der Waals surface area contributed by atoms with Gasteiger partial charge in [0.15, 0.2) is 0 Å². The van der Waals surface area contributed by atoms with Crippen molar-refractivity contribution in [3.8, 4) is 5.75 Å². The third kappa shape index (κ3) is 3.58. The molecule has 1 N–H and O–H groups in total. The zero-order chi connectivity index (χ0) is 13.8. The van der Waals surface area contributed by atoms with Crippen LogP contribution < -0.4 is 4.74 Å². The molecular formula is C15H16O3S. The summed E-state index contributed by atoms with van der Waals surface area (Å²) >= 11 is 1.24. The number of aromatic carboxylic acids is 1. The highest BCUT2D eigenvalue weighted by Gasteiger charge is 2.07. The van der Waals surface area contributed by atoms with E-state index in [0.29, 0.717) is 17.4 Å². The number of carboxylic acid groups (broad SMARTS) is 1. The zero-order valence-electron chi connectivity index (χ0n) is 10.9. The van der Waals surface area contributed by atoms with E-state index in [-0.39, 0.29) is 0 Å². The Hall–Kier alpha value is -1.81. The first-order chi connectivity index (χ1) is 9.06. The van der Waals surface area contributed by atoms with Crippen molar-refractivity contribution in [1.29, 1.82) is 0 Å². The van der Waals surface area contributed by atoms with Gasteiger partial charge < -0.3 is 9.84 Å². The lowest BCUT2D eigenvalue weighted by atomic mass is 10.0. The van der Waals surface area contributed by atoms with E-state index in [4.69, 9.17) is 9.84 Å². The van der Waals surface area contributed by atoms with Gasteiger partial charge in [0, 0.05) is 4.88 Å². The van der Waals surface area contributed by atoms with E-state index in [9.17, 15) is 4.79 Å². The van der Waals surface area contributed by atoms with Crippen molar-refractivity contribution in [3.63, 3.8) is 0 Å². The van der Waals surface area contributed by atoms with Gasteiger partial charge in [-0.1, -0.05) is 26.0 Å². The molecule has 0 aliphatic rings. The molecule has 2 rings (SSSR count). The second-order valence-corrected chi connectivity index (χ2v) is 5.75. The van der Waals surface area contributed by atoms with Crippen LogP contribution in [0, 0.1) is 0 Å². The average molecular weight is 276 g/mol. The smallest absolute Gasteiger partial charge is 0.345 e. The first-order valence-corrected chi connectivity index (χ1v) is 6.92.